The van der Waals surface area contributed by atoms with Gasteiger partial charge in [-0.2, -0.15) is 0 Å². The van der Waals surface area contributed by atoms with E-state index in [9.17, 15) is 5.11 Å². The molecule has 1 aromatic heterocycles. The summed E-state index contributed by atoms with van der Waals surface area (Å²) in [6, 6.07) is 0.260. The predicted octanol–water partition coefficient (Wildman–Crippen LogP) is 2.53. The first-order chi connectivity index (χ1) is 8.59. The maximum Gasteiger partial charge on any atom is 0.181 e. The lowest BCUT2D eigenvalue weighted by Gasteiger charge is -2.37. The molecule has 0 aliphatic carbocycles. The summed E-state index contributed by atoms with van der Waals surface area (Å²) >= 11 is 0. The zero-order valence-corrected chi connectivity index (χ0v) is 11.6. The minimum absolute atomic E-state index is 0.260. The van der Waals surface area contributed by atoms with Gasteiger partial charge in [0.05, 0.1) is 11.8 Å². The summed E-state index contributed by atoms with van der Waals surface area (Å²) in [6.45, 7) is 7.95. The van der Waals surface area contributed by atoms with Crippen LogP contribution in [0.3, 0.4) is 0 Å². The lowest BCUT2D eigenvalue weighted by Crippen LogP contribution is -2.45. The van der Waals surface area contributed by atoms with Crippen LogP contribution in [0.15, 0.2) is 10.8 Å². The molecular weight excluding hydrogens is 228 g/mol. The third kappa shape index (κ3) is 2.93. The van der Waals surface area contributed by atoms with Gasteiger partial charge in [0.25, 0.3) is 0 Å². The molecule has 1 aliphatic heterocycles. The molecule has 102 valence electrons. The van der Waals surface area contributed by atoms with Crippen LogP contribution < -0.4 is 0 Å². The quantitative estimate of drug-likeness (QED) is 0.894. The van der Waals surface area contributed by atoms with Crippen molar-refractivity contribution in [2.75, 3.05) is 6.54 Å². The molecule has 2 atom stereocenters. The monoisotopic (exact) mass is 252 g/mol. The van der Waals surface area contributed by atoms with Crippen LogP contribution in [-0.4, -0.2) is 33.7 Å². The minimum atomic E-state index is -0.278. The molecule has 0 amide bonds. The van der Waals surface area contributed by atoms with E-state index < -0.39 is 0 Å². The molecular formula is C14H24N2O2. The Bertz CT molecular complexity index is 374. The summed E-state index contributed by atoms with van der Waals surface area (Å²) in [5.41, 5.74) is 1.03. The second-order valence-electron chi connectivity index (χ2n) is 5.59. The van der Waals surface area contributed by atoms with Crippen LogP contribution >= 0.6 is 0 Å². The summed E-state index contributed by atoms with van der Waals surface area (Å²) in [7, 11) is 0. The summed E-state index contributed by atoms with van der Waals surface area (Å²) in [5.74, 6) is 1.34. The Morgan fingerprint density at radius 1 is 1.44 bits per heavy atom. The summed E-state index contributed by atoms with van der Waals surface area (Å²) in [5, 5.41) is 9.87. The summed E-state index contributed by atoms with van der Waals surface area (Å²) in [6.07, 6.45) is 4.75. The van der Waals surface area contributed by atoms with E-state index in [4.69, 9.17) is 4.42 Å². The number of piperidine rings is 1. The van der Waals surface area contributed by atoms with Gasteiger partial charge >= 0.3 is 0 Å². The lowest BCUT2D eigenvalue weighted by atomic mass is 9.97. The van der Waals surface area contributed by atoms with Crippen molar-refractivity contribution in [3.63, 3.8) is 0 Å². The first-order valence-corrected chi connectivity index (χ1v) is 6.94. The van der Waals surface area contributed by atoms with E-state index >= 15 is 0 Å². The van der Waals surface area contributed by atoms with E-state index in [-0.39, 0.29) is 12.1 Å². The van der Waals surface area contributed by atoms with E-state index in [0.717, 1.165) is 31.0 Å². The van der Waals surface area contributed by atoms with Crippen LogP contribution in [-0.2, 0) is 6.54 Å². The minimum Gasteiger partial charge on any atom is -0.448 e. The standard InChI is InChI=1S/C14H24N2O2/c1-10(2)14-12(15-9-18-14)8-16-7-5-4-6-13(16)11(3)17/h9-11,13,17H,4-8H2,1-3H3. The van der Waals surface area contributed by atoms with E-state index in [1.165, 1.54) is 19.2 Å². The van der Waals surface area contributed by atoms with Gasteiger partial charge in [0.2, 0.25) is 0 Å². The summed E-state index contributed by atoms with van der Waals surface area (Å²) in [4.78, 5) is 6.68. The first-order valence-electron chi connectivity index (χ1n) is 6.94. The zero-order valence-electron chi connectivity index (χ0n) is 11.6. The number of likely N-dealkylation sites (tertiary alicyclic amines) is 1. The number of oxazole rings is 1. The second kappa shape index (κ2) is 5.85. The molecule has 1 fully saturated rings. The van der Waals surface area contributed by atoms with Gasteiger partial charge in [-0.1, -0.05) is 20.3 Å². The number of aliphatic hydroxyl groups excluding tert-OH is 1. The molecule has 2 heterocycles. The molecule has 0 spiro atoms. The highest BCUT2D eigenvalue weighted by atomic mass is 16.3. The summed E-state index contributed by atoms with van der Waals surface area (Å²) < 4.78 is 5.46. The average Bonchev–Trinajstić information content (AvgIpc) is 2.77. The van der Waals surface area contributed by atoms with E-state index in [0.29, 0.717) is 5.92 Å². The fourth-order valence-electron chi connectivity index (χ4n) is 2.82. The van der Waals surface area contributed by atoms with Gasteiger partial charge in [-0.3, -0.25) is 4.90 Å². The van der Waals surface area contributed by atoms with Crippen molar-refractivity contribution >= 4 is 0 Å². The lowest BCUT2D eigenvalue weighted by molar-refractivity contribution is 0.0307. The molecule has 4 heteroatoms. The zero-order chi connectivity index (χ0) is 13.1. The third-order valence-electron chi connectivity index (χ3n) is 3.77. The number of aliphatic hydroxyl groups is 1. The van der Waals surface area contributed by atoms with E-state index in [1.54, 1.807) is 0 Å². The molecule has 0 aromatic carbocycles. The maximum atomic E-state index is 9.87. The van der Waals surface area contributed by atoms with Crippen LogP contribution in [0.1, 0.15) is 57.4 Å². The Labute approximate surface area is 109 Å². The first kappa shape index (κ1) is 13.6. The molecule has 4 nitrogen and oxygen atoms in total. The van der Waals surface area contributed by atoms with Crippen molar-refractivity contribution < 1.29 is 9.52 Å². The SMILES string of the molecule is CC(C)c1ocnc1CN1CCCCC1C(C)O. The topological polar surface area (TPSA) is 49.5 Å². The van der Waals surface area contributed by atoms with Crippen LogP contribution in [0, 0.1) is 0 Å². The molecule has 0 radical (unpaired) electrons. The van der Waals surface area contributed by atoms with Crippen LogP contribution in [0.2, 0.25) is 0 Å². The van der Waals surface area contributed by atoms with Crippen molar-refractivity contribution in [2.45, 2.75) is 64.6 Å². The fraction of sp³-hybridized carbons (Fsp3) is 0.786. The van der Waals surface area contributed by atoms with Gasteiger partial charge in [-0.05, 0) is 26.3 Å². The molecule has 1 aliphatic rings. The number of aromatic nitrogens is 1. The van der Waals surface area contributed by atoms with E-state index in [2.05, 4.69) is 23.7 Å². The van der Waals surface area contributed by atoms with Crippen LogP contribution in [0.4, 0.5) is 0 Å². The van der Waals surface area contributed by atoms with Crippen molar-refractivity contribution in [3.8, 4) is 0 Å². The van der Waals surface area contributed by atoms with Crippen molar-refractivity contribution in [2.24, 2.45) is 0 Å². The average molecular weight is 252 g/mol. The van der Waals surface area contributed by atoms with E-state index in [1.807, 2.05) is 6.92 Å². The fourth-order valence-corrected chi connectivity index (χ4v) is 2.82. The second-order valence-corrected chi connectivity index (χ2v) is 5.59. The van der Waals surface area contributed by atoms with Gasteiger partial charge < -0.3 is 9.52 Å². The highest BCUT2D eigenvalue weighted by Crippen LogP contribution is 2.25. The number of hydrogen-bond donors (Lipinski definition) is 1. The van der Waals surface area contributed by atoms with Gasteiger partial charge in [-0.15, -0.1) is 0 Å². The van der Waals surface area contributed by atoms with Gasteiger partial charge in [0.15, 0.2) is 6.39 Å². The highest BCUT2D eigenvalue weighted by Gasteiger charge is 2.27. The Balaban J connectivity index is 2.08. The molecule has 0 saturated carbocycles. The third-order valence-corrected chi connectivity index (χ3v) is 3.77. The number of rotatable bonds is 4. The Hall–Kier alpha value is -0.870. The molecule has 1 aromatic rings. The van der Waals surface area contributed by atoms with Gasteiger partial charge in [0.1, 0.15) is 5.76 Å². The molecule has 1 N–H and O–H groups in total. The molecule has 2 unspecified atom stereocenters. The molecule has 0 bridgehead atoms. The maximum absolute atomic E-state index is 9.87. The molecule has 1 saturated heterocycles. The number of hydrogen-bond acceptors (Lipinski definition) is 4. The largest absolute Gasteiger partial charge is 0.448 e. The highest BCUT2D eigenvalue weighted by molar-refractivity contribution is 5.11. The van der Waals surface area contributed by atoms with Crippen molar-refractivity contribution in [1.82, 2.24) is 9.88 Å². The Morgan fingerprint density at radius 3 is 2.89 bits per heavy atom. The normalized spacial score (nSPS) is 23.5. The molecule has 18 heavy (non-hydrogen) atoms. The Kier molecular flexibility index (Phi) is 4.40. The molecule has 2 rings (SSSR count). The van der Waals surface area contributed by atoms with Crippen LogP contribution in [0.5, 0.6) is 0 Å². The van der Waals surface area contributed by atoms with Crippen molar-refractivity contribution in [1.29, 1.82) is 0 Å². The Morgan fingerprint density at radius 2 is 2.22 bits per heavy atom. The number of nitrogens with zero attached hydrogens (tertiary/aromatic N) is 2. The van der Waals surface area contributed by atoms with Crippen LogP contribution in [0.25, 0.3) is 0 Å². The van der Waals surface area contributed by atoms with Gasteiger partial charge in [-0.25, -0.2) is 4.98 Å². The van der Waals surface area contributed by atoms with Gasteiger partial charge in [0, 0.05) is 18.5 Å². The van der Waals surface area contributed by atoms with Crippen molar-refractivity contribution in [3.05, 3.63) is 17.8 Å². The predicted molar refractivity (Wildman–Crippen MR) is 70.3 cm³/mol. The smallest absolute Gasteiger partial charge is 0.181 e.